The van der Waals surface area contributed by atoms with E-state index in [4.69, 9.17) is 4.74 Å². The minimum atomic E-state index is -0.795. The maximum Gasteiger partial charge on any atom is 0.335 e. The number of imide groups is 2. The Labute approximate surface area is 222 Å². The van der Waals surface area contributed by atoms with E-state index < -0.39 is 17.8 Å². The molecular formula is C28H24FIN2O4. The smallest absolute Gasteiger partial charge is 0.335 e. The molecule has 0 atom stereocenters. The van der Waals surface area contributed by atoms with Crippen molar-refractivity contribution in [3.8, 4) is 5.75 Å². The maximum absolute atomic E-state index is 14.3. The van der Waals surface area contributed by atoms with E-state index in [2.05, 4.69) is 27.9 Å². The number of amides is 4. The lowest BCUT2D eigenvalue weighted by Gasteiger charge is -2.26. The zero-order chi connectivity index (χ0) is 25.8. The van der Waals surface area contributed by atoms with E-state index in [-0.39, 0.29) is 11.4 Å². The molecule has 1 saturated heterocycles. The summed E-state index contributed by atoms with van der Waals surface area (Å²) in [6, 6.07) is 16.3. The summed E-state index contributed by atoms with van der Waals surface area (Å²) in [4.78, 5) is 39.3. The first-order valence-corrected chi connectivity index (χ1v) is 12.6. The number of halogens is 2. The Morgan fingerprint density at radius 2 is 1.75 bits per heavy atom. The van der Waals surface area contributed by atoms with Crippen LogP contribution in [0.5, 0.6) is 5.75 Å². The number of benzene rings is 3. The maximum atomic E-state index is 14.3. The quantitative estimate of drug-likeness (QED) is 0.217. The number of carbonyl (C=O) groups excluding carboxylic acids is 3. The van der Waals surface area contributed by atoms with Crippen LogP contribution >= 0.6 is 22.6 Å². The van der Waals surface area contributed by atoms with Crippen LogP contribution in [0, 0.1) is 9.39 Å². The van der Waals surface area contributed by atoms with Crippen molar-refractivity contribution in [3.63, 3.8) is 0 Å². The van der Waals surface area contributed by atoms with Gasteiger partial charge in [-0.2, -0.15) is 0 Å². The number of urea groups is 1. The summed E-state index contributed by atoms with van der Waals surface area (Å²) in [5, 5.41) is 2.25. The van der Waals surface area contributed by atoms with E-state index in [0.29, 0.717) is 35.6 Å². The molecule has 36 heavy (non-hydrogen) atoms. The number of anilines is 1. The average Bonchev–Trinajstić information content (AvgIpc) is 2.85. The number of hydrogen-bond acceptors (Lipinski definition) is 4. The Kier molecular flexibility index (Phi) is 7.83. The molecule has 0 unspecified atom stereocenters. The SMILES string of the molecule is CCOc1cc(/C=C2\C(=O)NC(=O)N(c3ccc(CC)cc3)C2=O)cc(I)c1Cc1ccccc1F. The Balaban J connectivity index is 1.71. The summed E-state index contributed by atoms with van der Waals surface area (Å²) in [6.07, 6.45) is 2.58. The third-order valence-electron chi connectivity index (χ3n) is 5.82. The van der Waals surface area contributed by atoms with Crippen molar-refractivity contribution in [1.29, 1.82) is 0 Å². The minimum Gasteiger partial charge on any atom is -0.494 e. The third-order valence-corrected chi connectivity index (χ3v) is 6.78. The highest BCUT2D eigenvalue weighted by atomic mass is 127. The van der Waals surface area contributed by atoms with Crippen LogP contribution in [0.3, 0.4) is 0 Å². The number of rotatable bonds is 7. The fourth-order valence-electron chi connectivity index (χ4n) is 3.94. The van der Waals surface area contributed by atoms with E-state index in [1.807, 2.05) is 26.0 Å². The summed E-state index contributed by atoms with van der Waals surface area (Å²) in [5.74, 6) is -1.25. The van der Waals surface area contributed by atoms with Gasteiger partial charge in [0.15, 0.2) is 0 Å². The van der Waals surface area contributed by atoms with E-state index in [9.17, 15) is 18.8 Å². The standard InChI is InChI=1S/C28H24FIN2O4/c1-3-17-9-11-20(12-10-17)32-27(34)22(26(33)31-28(32)35)13-18-14-24(30)21(25(15-18)36-4-2)16-19-7-5-6-8-23(19)29/h5-15H,3-4,16H2,1-2H3,(H,31,33,35)/b22-13+. The molecule has 0 bridgehead atoms. The van der Waals surface area contributed by atoms with Crippen molar-refractivity contribution in [3.05, 3.63) is 97.9 Å². The Bertz CT molecular complexity index is 1370. The molecule has 0 aromatic heterocycles. The van der Waals surface area contributed by atoms with Crippen LogP contribution in [-0.4, -0.2) is 24.5 Å². The molecule has 6 nitrogen and oxygen atoms in total. The van der Waals surface area contributed by atoms with Crippen LogP contribution in [0.4, 0.5) is 14.9 Å². The highest BCUT2D eigenvalue weighted by Gasteiger charge is 2.36. The number of carbonyl (C=O) groups is 3. The average molecular weight is 598 g/mol. The number of aryl methyl sites for hydroxylation is 1. The third kappa shape index (κ3) is 5.33. The molecule has 1 N–H and O–H groups in total. The summed E-state index contributed by atoms with van der Waals surface area (Å²) in [7, 11) is 0. The van der Waals surface area contributed by atoms with E-state index in [0.717, 1.165) is 26.0 Å². The number of ether oxygens (including phenoxy) is 1. The molecule has 1 heterocycles. The number of nitrogens with zero attached hydrogens (tertiary/aromatic N) is 1. The molecule has 0 spiro atoms. The largest absolute Gasteiger partial charge is 0.494 e. The highest BCUT2D eigenvalue weighted by molar-refractivity contribution is 14.1. The number of hydrogen-bond donors (Lipinski definition) is 1. The van der Waals surface area contributed by atoms with Gasteiger partial charge in [0.2, 0.25) is 0 Å². The molecule has 8 heteroatoms. The fraction of sp³-hybridized carbons (Fsp3) is 0.179. The van der Waals surface area contributed by atoms with Gasteiger partial charge in [-0.25, -0.2) is 14.1 Å². The van der Waals surface area contributed by atoms with Crippen LogP contribution in [0.2, 0.25) is 0 Å². The summed E-state index contributed by atoms with van der Waals surface area (Å²) in [6.45, 7) is 4.24. The zero-order valence-corrected chi connectivity index (χ0v) is 22.0. The lowest BCUT2D eigenvalue weighted by molar-refractivity contribution is -0.122. The molecule has 1 aliphatic heterocycles. The first kappa shape index (κ1) is 25.6. The van der Waals surface area contributed by atoms with Crippen molar-refractivity contribution in [1.82, 2.24) is 5.32 Å². The molecule has 1 aliphatic rings. The van der Waals surface area contributed by atoms with Gasteiger partial charge in [-0.15, -0.1) is 0 Å². The van der Waals surface area contributed by atoms with Gasteiger partial charge < -0.3 is 4.74 Å². The van der Waals surface area contributed by atoms with Gasteiger partial charge in [0.1, 0.15) is 17.1 Å². The van der Waals surface area contributed by atoms with Crippen molar-refractivity contribution in [2.45, 2.75) is 26.7 Å². The van der Waals surface area contributed by atoms with Gasteiger partial charge in [0.05, 0.1) is 12.3 Å². The van der Waals surface area contributed by atoms with Crippen molar-refractivity contribution in [2.24, 2.45) is 0 Å². The summed E-state index contributed by atoms with van der Waals surface area (Å²) >= 11 is 2.14. The van der Waals surface area contributed by atoms with Crippen LogP contribution < -0.4 is 15.0 Å². The molecular weight excluding hydrogens is 574 g/mol. The molecule has 0 radical (unpaired) electrons. The Morgan fingerprint density at radius 3 is 2.42 bits per heavy atom. The number of barbiturate groups is 1. The second-order valence-electron chi connectivity index (χ2n) is 8.16. The van der Waals surface area contributed by atoms with E-state index in [1.54, 1.807) is 42.5 Å². The van der Waals surface area contributed by atoms with Crippen LogP contribution in [0.25, 0.3) is 6.08 Å². The molecule has 1 fully saturated rings. The topological polar surface area (TPSA) is 75.7 Å². The second kappa shape index (κ2) is 11.0. The van der Waals surface area contributed by atoms with Crippen LogP contribution in [0.15, 0.2) is 66.2 Å². The molecule has 4 amide bonds. The fourth-order valence-corrected chi connectivity index (χ4v) is 4.76. The van der Waals surface area contributed by atoms with E-state index in [1.165, 1.54) is 12.1 Å². The first-order valence-electron chi connectivity index (χ1n) is 11.5. The van der Waals surface area contributed by atoms with Gasteiger partial charge >= 0.3 is 6.03 Å². The minimum absolute atomic E-state index is 0.172. The highest BCUT2D eigenvalue weighted by Crippen LogP contribution is 2.31. The summed E-state index contributed by atoms with van der Waals surface area (Å²) in [5.41, 5.74) is 3.15. The van der Waals surface area contributed by atoms with Crippen LogP contribution in [0.1, 0.15) is 36.1 Å². The predicted molar refractivity (Wildman–Crippen MR) is 144 cm³/mol. The Hall–Kier alpha value is -3.53. The van der Waals surface area contributed by atoms with Gasteiger partial charge in [0.25, 0.3) is 11.8 Å². The second-order valence-corrected chi connectivity index (χ2v) is 9.32. The van der Waals surface area contributed by atoms with Crippen molar-refractivity contribution < 1.29 is 23.5 Å². The molecule has 184 valence electrons. The lowest BCUT2D eigenvalue weighted by atomic mass is 10.00. The van der Waals surface area contributed by atoms with E-state index >= 15 is 0 Å². The van der Waals surface area contributed by atoms with Crippen molar-refractivity contribution in [2.75, 3.05) is 11.5 Å². The van der Waals surface area contributed by atoms with Gasteiger partial charge in [-0.1, -0.05) is 37.3 Å². The van der Waals surface area contributed by atoms with Gasteiger partial charge in [0, 0.05) is 15.6 Å². The summed E-state index contributed by atoms with van der Waals surface area (Å²) < 4.78 is 20.9. The molecule has 4 rings (SSSR count). The normalized spacial score (nSPS) is 14.8. The first-order chi connectivity index (χ1) is 17.3. The Morgan fingerprint density at radius 1 is 1.03 bits per heavy atom. The predicted octanol–water partition coefficient (Wildman–Crippen LogP) is 5.65. The zero-order valence-electron chi connectivity index (χ0n) is 19.8. The lowest BCUT2D eigenvalue weighted by Crippen LogP contribution is -2.54. The van der Waals surface area contributed by atoms with Crippen molar-refractivity contribution >= 4 is 52.2 Å². The molecule has 0 aliphatic carbocycles. The number of nitrogens with one attached hydrogen (secondary N) is 1. The molecule has 3 aromatic carbocycles. The monoisotopic (exact) mass is 598 g/mol. The van der Waals surface area contributed by atoms with Gasteiger partial charge in [-0.3, -0.25) is 14.9 Å². The molecule has 0 saturated carbocycles. The molecule has 3 aromatic rings. The van der Waals surface area contributed by atoms with Gasteiger partial charge in [-0.05, 0) is 89.0 Å². The van der Waals surface area contributed by atoms with Crippen LogP contribution in [-0.2, 0) is 22.4 Å².